The molecule has 1 rings (SSSR count). The number of unbranched alkanes of at least 4 members (excludes halogenated alkanes) is 14. The lowest BCUT2D eigenvalue weighted by Gasteiger charge is -2.14. The first-order valence-electron chi connectivity index (χ1n) is 10.9. The van der Waals surface area contributed by atoms with Gasteiger partial charge >= 0.3 is 0 Å². The summed E-state index contributed by atoms with van der Waals surface area (Å²) in [6.45, 7) is 3.88. The minimum absolute atomic E-state index is 0.128. The zero-order valence-electron chi connectivity index (χ0n) is 16.6. The number of hydrazine groups is 1. The smallest absolute Gasteiger partial charge is 0.238 e. The highest BCUT2D eigenvalue weighted by Gasteiger charge is 2.08. The molecule has 25 heavy (non-hydrogen) atoms. The molecule has 1 heterocycles. The highest BCUT2D eigenvalue weighted by molar-refractivity contribution is 5.77. The second-order valence-corrected chi connectivity index (χ2v) is 7.45. The minimum Gasteiger partial charge on any atom is -0.273 e. The molecular weight excluding hydrogens is 310 g/mol. The van der Waals surface area contributed by atoms with Crippen LogP contribution in [0.1, 0.15) is 110 Å². The van der Waals surface area contributed by atoms with Crippen molar-refractivity contribution in [1.29, 1.82) is 0 Å². The van der Waals surface area contributed by atoms with E-state index in [-0.39, 0.29) is 5.91 Å². The summed E-state index contributed by atoms with van der Waals surface area (Å²) >= 11 is 0. The Labute approximate surface area is 155 Å². The highest BCUT2D eigenvalue weighted by Crippen LogP contribution is 2.13. The molecule has 1 aliphatic heterocycles. The predicted molar refractivity (Wildman–Crippen MR) is 108 cm³/mol. The number of carbonyl (C=O) groups excluding carboxylic acids is 1. The van der Waals surface area contributed by atoms with Crippen LogP contribution in [0.4, 0.5) is 0 Å². The van der Waals surface area contributed by atoms with Gasteiger partial charge in [0.1, 0.15) is 6.34 Å². The van der Waals surface area contributed by atoms with Crippen LogP contribution in [0.3, 0.4) is 0 Å². The Morgan fingerprint density at radius 2 is 1.32 bits per heavy atom. The molecule has 4 heteroatoms. The monoisotopic (exact) mass is 351 g/mol. The third-order valence-corrected chi connectivity index (χ3v) is 4.97. The van der Waals surface area contributed by atoms with Crippen LogP contribution >= 0.6 is 0 Å². The maximum atomic E-state index is 11.7. The summed E-state index contributed by atoms with van der Waals surface area (Å²) in [6.07, 6.45) is 22.7. The van der Waals surface area contributed by atoms with Crippen molar-refractivity contribution >= 4 is 12.2 Å². The van der Waals surface area contributed by atoms with Gasteiger partial charge in [-0.25, -0.2) is 0 Å². The largest absolute Gasteiger partial charge is 0.273 e. The van der Waals surface area contributed by atoms with Crippen molar-refractivity contribution < 1.29 is 4.79 Å². The molecule has 0 aromatic rings. The van der Waals surface area contributed by atoms with Gasteiger partial charge in [-0.1, -0.05) is 96.8 Å². The topological polar surface area (TPSA) is 44.7 Å². The molecule has 4 nitrogen and oxygen atoms in total. The van der Waals surface area contributed by atoms with E-state index >= 15 is 0 Å². The predicted octanol–water partition coefficient (Wildman–Crippen LogP) is 5.62. The fraction of sp³-hybridized carbons (Fsp3) is 0.905. The molecule has 0 spiro atoms. The average molecular weight is 352 g/mol. The van der Waals surface area contributed by atoms with Crippen LogP contribution in [0.5, 0.6) is 0 Å². The number of rotatable bonds is 17. The van der Waals surface area contributed by atoms with Crippen molar-refractivity contribution in [3.8, 4) is 0 Å². The number of hydrogen-bond acceptors (Lipinski definition) is 3. The quantitative estimate of drug-likeness (QED) is 0.345. The molecule has 1 aliphatic rings. The Kier molecular flexibility index (Phi) is 14.4. The standard InChI is InChI=1S/C21H41N3O/c1-2-3-4-5-6-7-8-9-10-11-12-13-14-15-16-17-21(25)23-24-19-18-22-20-24/h20H,2-19H2,1H3,(H,23,25). The van der Waals surface area contributed by atoms with E-state index in [0.29, 0.717) is 6.42 Å². The molecule has 0 aromatic carbocycles. The summed E-state index contributed by atoms with van der Waals surface area (Å²) in [5.74, 6) is 0.128. The Morgan fingerprint density at radius 3 is 1.76 bits per heavy atom. The molecule has 0 saturated heterocycles. The molecule has 0 fully saturated rings. The lowest BCUT2D eigenvalue weighted by atomic mass is 10.0. The number of nitrogens with one attached hydrogen (secondary N) is 1. The molecule has 0 atom stereocenters. The molecule has 1 amide bonds. The summed E-state index contributed by atoms with van der Waals surface area (Å²) in [6, 6.07) is 0. The highest BCUT2D eigenvalue weighted by atomic mass is 16.2. The van der Waals surface area contributed by atoms with E-state index in [0.717, 1.165) is 19.5 Å². The van der Waals surface area contributed by atoms with Crippen molar-refractivity contribution in [3.63, 3.8) is 0 Å². The van der Waals surface area contributed by atoms with E-state index in [1.807, 2.05) is 0 Å². The summed E-state index contributed by atoms with van der Waals surface area (Å²) in [5, 5.41) is 1.79. The average Bonchev–Trinajstić information content (AvgIpc) is 3.11. The Morgan fingerprint density at radius 1 is 0.840 bits per heavy atom. The van der Waals surface area contributed by atoms with Crippen LogP contribution < -0.4 is 5.43 Å². The van der Waals surface area contributed by atoms with E-state index in [2.05, 4.69) is 17.3 Å². The molecule has 0 aliphatic carbocycles. The normalized spacial score (nSPS) is 13.6. The van der Waals surface area contributed by atoms with E-state index in [9.17, 15) is 4.79 Å². The van der Waals surface area contributed by atoms with Gasteiger partial charge in [0.15, 0.2) is 0 Å². The van der Waals surface area contributed by atoms with Gasteiger partial charge < -0.3 is 0 Å². The third-order valence-electron chi connectivity index (χ3n) is 4.97. The summed E-state index contributed by atoms with van der Waals surface area (Å²) < 4.78 is 0. The van der Waals surface area contributed by atoms with Gasteiger partial charge in [0, 0.05) is 6.42 Å². The zero-order valence-corrected chi connectivity index (χ0v) is 16.6. The van der Waals surface area contributed by atoms with Crippen molar-refractivity contribution in [2.75, 3.05) is 13.1 Å². The number of amides is 1. The first-order valence-corrected chi connectivity index (χ1v) is 10.9. The van der Waals surface area contributed by atoms with Crippen LogP contribution in [0, 0.1) is 0 Å². The third kappa shape index (κ3) is 13.9. The van der Waals surface area contributed by atoms with E-state index in [1.54, 1.807) is 11.3 Å². The van der Waals surface area contributed by atoms with Gasteiger partial charge in [-0.05, 0) is 6.42 Å². The lowest BCUT2D eigenvalue weighted by Crippen LogP contribution is -2.39. The first kappa shape index (κ1) is 22.0. The number of hydrogen-bond donors (Lipinski definition) is 1. The van der Waals surface area contributed by atoms with Crippen molar-refractivity contribution in [2.45, 2.75) is 110 Å². The van der Waals surface area contributed by atoms with Gasteiger partial charge in [-0.15, -0.1) is 0 Å². The van der Waals surface area contributed by atoms with Crippen molar-refractivity contribution in [2.24, 2.45) is 4.99 Å². The molecule has 0 saturated carbocycles. The summed E-state index contributed by atoms with van der Waals surface area (Å²) in [7, 11) is 0. The van der Waals surface area contributed by atoms with Gasteiger partial charge in [0.2, 0.25) is 5.91 Å². The molecular formula is C21H41N3O. The lowest BCUT2D eigenvalue weighted by molar-refractivity contribution is -0.124. The SMILES string of the molecule is CCCCCCCCCCCCCCCCCC(=O)NN1C=NCC1. The molecule has 0 bridgehead atoms. The van der Waals surface area contributed by atoms with E-state index in [1.165, 1.54) is 89.9 Å². The number of aliphatic imine (C=N–C) groups is 1. The van der Waals surface area contributed by atoms with E-state index < -0.39 is 0 Å². The number of nitrogens with zero attached hydrogens (tertiary/aromatic N) is 2. The Bertz CT molecular complexity index is 344. The van der Waals surface area contributed by atoms with Gasteiger partial charge in [0.05, 0.1) is 13.1 Å². The first-order chi connectivity index (χ1) is 12.3. The summed E-state index contributed by atoms with van der Waals surface area (Å²) in [5.41, 5.74) is 2.87. The van der Waals surface area contributed by atoms with Gasteiger partial charge in [-0.3, -0.25) is 20.2 Å². The van der Waals surface area contributed by atoms with Gasteiger partial charge in [-0.2, -0.15) is 0 Å². The zero-order chi connectivity index (χ0) is 18.0. The fourth-order valence-corrected chi connectivity index (χ4v) is 3.34. The maximum absolute atomic E-state index is 11.7. The van der Waals surface area contributed by atoms with Crippen molar-refractivity contribution in [1.82, 2.24) is 10.4 Å². The molecule has 1 N–H and O–H groups in total. The second-order valence-electron chi connectivity index (χ2n) is 7.45. The Hall–Kier alpha value is -1.06. The summed E-state index contributed by atoms with van der Waals surface area (Å²) in [4.78, 5) is 15.8. The maximum Gasteiger partial charge on any atom is 0.238 e. The van der Waals surface area contributed by atoms with Crippen LogP contribution in [-0.2, 0) is 4.79 Å². The van der Waals surface area contributed by atoms with Crippen LogP contribution in [-0.4, -0.2) is 30.3 Å². The van der Waals surface area contributed by atoms with Crippen molar-refractivity contribution in [3.05, 3.63) is 0 Å². The fourth-order valence-electron chi connectivity index (χ4n) is 3.34. The Balaban J connectivity index is 1.71. The van der Waals surface area contributed by atoms with Crippen LogP contribution in [0.15, 0.2) is 4.99 Å². The minimum atomic E-state index is 0.128. The molecule has 0 aromatic heterocycles. The van der Waals surface area contributed by atoms with E-state index in [4.69, 9.17) is 0 Å². The molecule has 0 radical (unpaired) electrons. The van der Waals surface area contributed by atoms with Gasteiger partial charge in [0.25, 0.3) is 0 Å². The molecule has 146 valence electrons. The number of carbonyl (C=O) groups is 1. The second kappa shape index (κ2) is 16.4. The van der Waals surface area contributed by atoms with Crippen LogP contribution in [0.25, 0.3) is 0 Å². The molecule has 0 unspecified atom stereocenters. The van der Waals surface area contributed by atoms with Crippen LogP contribution in [0.2, 0.25) is 0 Å².